The van der Waals surface area contributed by atoms with Crippen molar-refractivity contribution in [3.05, 3.63) is 53.0 Å². The lowest BCUT2D eigenvalue weighted by Gasteiger charge is -2.05. The summed E-state index contributed by atoms with van der Waals surface area (Å²) >= 11 is 1.55. The molecule has 1 aromatic carbocycles. The SMILES string of the molecule is N#CCOc1ccc(-c2ccc(-c3csc(CC(=O)C4CC4)n3)cc2)cn1. The van der Waals surface area contributed by atoms with Gasteiger partial charge in [-0.2, -0.15) is 5.26 Å². The topological polar surface area (TPSA) is 75.9 Å². The molecule has 3 aromatic rings. The summed E-state index contributed by atoms with van der Waals surface area (Å²) in [4.78, 5) is 20.8. The maximum Gasteiger partial charge on any atom is 0.214 e. The first kappa shape index (κ1) is 17.4. The van der Waals surface area contributed by atoms with E-state index in [1.807, 2.05) is 41.8 Å². The number of carbonyl (C=O) groups is 1. The Balaban J connectivity index is 1.45. The van der Waals surface area contributed by atoms with Crippen molar-refractivity contribution in [2.75, 3.05) is 6.61 Å². The van der Waals surface area contributed by atoms with Crippen molar-refractivity contribution in [3.63, 3.8) is 0 Å². The van der Waals surface area contributed by atoms with Crippen LogP contribution in [0, 0.1) is 17.2 Å². The molecule has 1 saturated carbocycles. The minimum Gasteiger partial charge on any atom is -0.462 e. The number of benzene rings is 1. The molecule has 1 fully saturated rings. The monoisotopic (exact) mass is 375 g/mol. The number of aromatic nitrogens is 2. The van der Waals surface area contributed by atoms with Crippen molar-refractivity contribution >= 4 is 17.1 Å². The number of pyridine rings is 1. The van der Waals surface area contributed by atoms with Crippen molar-refractivity contribution in [3.8, 4) is 34.3 Å². The summed E-state index contributed by atoms with van der Waals surface area (Å²) < 4.78 is 5.17. The molecule has 0 saturated heterocycles. The van der Waals surface area contributed by atoms with Crippen LogP contribution in [-0.2, 0) is 11.2 Å². The van der Waals surface area contributed by atoms with E-state index in [0.717, 1.165) is 40.2 Å². The van der Waals surface area contributed by atoms with Crippen LogP contribution in [0.4, 0.5) is 0 Å². The molecule has 2 heterocycles. The molecule has 134 valence electrons. The Morgan fingerprint density at radius 3 is 2.56 bits per heavy atom. The Bertz CT molecular complexity index is 984. The van der Waals surface area contributed by atoms with Crippen molar-refractivity contribution in [2.45, 2.75) is 19.3 Å². The maximum atomic E-state index is 11.9. The Kier molecular flexibility index (Phi) is 4.95. The number of rotatable bonds is 7. The van der Waals surface area contributed by atoms with E-state index in [-0.39, 0.29) is 12.5 Å². The lowest BCUT2D eigenvalue weighted by molar-refractivity contribution is -0.119. The molecule has 0 unspecified atom stereocenters. The minimum absolute atomic E-state index is 0.0110. The van der Waals surface area contributed by atoms with Gasteiger partial charge in [-0.05, 0) is 24.5 Å². The summed E-state index contributed by atoms with van der Waals surface area (Å²) in [5, 5.41) is 11.4. The van der Waals surface area contributed by atoms with Crippen LogP contribution in [-0.4, -0.2) is 22.4 Å². The molecule has 0 aliphatic heterocycles. The summed E-state index contributed by atoms with van der Waals surface area (Å²) in [6.07, 6.45) is 4.27. The fourth-order valence-corrected chi connectivity index (χ4v) is 3.61. The predicted octanol–water partition coefficient (Wildman–Crippen LogP) is 4.30. The molecule has 1 aliphatic carbocycles. The Labute approximate surface area is 161 Å². The van der Waals surface area contributed by atoms with Gasteiger partial charge in [0.15, 0.2) is 6.61 Å². The van der Waals surface area contributed by atoms with E-state index in [9.17, 15) is 4.79 Å². The lowest BCUT2D eigenvalue weighted by Crippen LogP contribution is -2.04. The summed E-state index contributed by atoms with van der Waals surface area (Å²) in [6.45, 7) is -0.0110. The van der Waals surface area contributed by atoms with Crippen LogP contribution >= 0.6 is 11.3 Å². The van der Waals surface area contributed by atoms with Crippen molar-refractivity contribution in [1.82, 2.24) is 9.97 Å². The highest BCUT2D eigenvalue weighted by Crippen LogP contribution is 2.32. The maximum absolute atomic E-state index is 11.9. The Morgan fingerprint density at radius 2 is 1.89 bits per heavy atom. The molecule has 0 radical (unpaired) electrons. The first-order valence-corrected chi connectivity index (χ1v) is 9.64. The van der Waals surface area contributed by atoms with Crippen LogP contribution in [0.25, 0.3) is 22.4 Å². The highest BCUT2D eigenvalue weighted by molar-refractivity contribution is 7.10. The van der Waals surface area contributed by atoms with Crippen LogP contribution in [0.15, 0.2) is 48.0 Å². The fraction of sp³-hybridized carbons (Fsp3) is 0.238. The second-order valence-electron chi connectivity index (χ2n) is 6.45. The zero-order valence-corrected chi connectivity index (χ0v) is 15.4. The molecule has 27 heavy (non-hydrogen) atoms. The summed E-state index contributed by atoms with van der Waals surface area (Å²) in [5.41, 5.74) is 3.95. The third-order valence-electron chi connectivity index (χ3n) is 4.44. The van der Waals surface area contributed by atoms with Crippen molar-refractivity contribution < 1.29 is 9.53 Å². The Morgan fingerprint density at radius 1 is 1.15 bits per heavy atom. The van der Waals surface area contributed by atoms with Gasteiger partial charge in [0.1, 0.15) is 16.9 Å². The molecule has 4 rings (SSSR count). The number of carbonyl (C=O) groups excluding carboxylic acids is 1. The minimum atomic E-state index is -0.0110. The summed E-state index contributed by atoms with van der Waals surface area (Å²) in [5.74, 6) is 1.04. The number of nitrogens with zero attached hydrogens (tertiary/aromatic N) is 3. The number of nitriles is 1. The fourth-order valence-electron chi connectivity index (χ4n) is 2.80. The quantitative estimate of drug-likeness (QED) is 0.615. The molecule has 0 N–H and O–H groups in total. The van der Waals surface area contributed by atoms with E-state index in [1.165, 1.54) is 0 Å². The van der Waals surface area contributed by atoms with Gasteiger partial charge in [0.05, 0.1) is 12.1 Å². The highest BCUT2D eigenvalue weighted by Gasteiger charge is 2.29. The molecule has 0 amide bonds. The third kappa shape index (κ3) is 4.21. The van der Waals surface area contributed by atoms with Crippen LogP contribution in [0.1, 0.15) is 17.8 Å². The average molecular weight is 375 g/mol. The molecular weight excluding hydrogens is 358 g/mol. The normalized spacial score (nSPS) is 13.1. The van der Waals surface area contributed by atoms with Gasteiger partial charge < -0.3 is 4.74 Å². The standard InChI is InChI=1S/C21H17N3O2S/c22-9-10-26-20-8-7-17(12-23-20)14-1-3-15(4-2-14)18-13-27-21(24-18)11-19(25)16-5-6-16/h1-4,7-8,12-13,16H,5-6,10-11H2. The molecule has 0 spiro atoms. The predicted molar refractivity (Wildman–Crippen MR) is 103 cm³/mol. The van der Waals surface area contributed by atoms with Gasteiger partial charge in [-0.15, -0.1) is 11.3 Å². The first-order valence-electron chi connectivity index (χ1n) is 8.76. The van der Waals surface area contributed by atoms with Crippen LogP contribution < -0.4 is 4.74 Å². The number of ether oxygens (including phenoxy) is 1. The zero-order chi connectivity index (χ0) is 18.6. The number of hydrogen-bond donors (Lipinski definition) is 0. The van der Waals surface area contributed by atoms with E-state index in [2.05, 4.69) is 9.97 Å². The summed E-state index contributed by atoms with van der Waals surface area (Å²) in [6, 6.07) is 13.7. The Hall–Kier alpha value is -3.04. The molecule has 6 heteroatoms. The van der Waals surface area contributed by atoms with Crippen LogP contribution in [0.2, 0.25) is 0 Å². The van der Waals surface area contributed by atoms with E-state index in [4.69, 9.17) is 10.00 Å². The molecule has 0 atom stereocenters. The molecule has 5 nitrogen and oxygen atoms in total. The van der Waals surface area contributed by atoms with Gasteiger partial charge in [-0.25, -0.2) is 9.97 Å². The van der Waals surface area contributed by atoms with E-state index >= 15 is 0 Å². The van der Waals surface area contributed by atoms with Gasteiger partial charge in [0.25, 0.3) is 0 Å². The average Bonchev–Trinajstić information content (AvgIpc) is 3.47. The van der Waals surface area contributed by atoms with Gasteiger partial charge >= 0.3 is 0 Å². The van der Waals surface area contributed by atoms with Gasteiger partial charge in [-0.1, -0.05) is 24.3 Å². The second kappa shape index (κ2) is 7.68. The molecular formula is C21H17N3O2S. The van der Waals surface area contributed by atoms with E-state index < -0.39 is 0 Å². The second-order valence-corrected chi connectivity index (χ2v) is 7.40. The number of Topliss-reactive ketones (excluding diaryl/α,β-unsaturated/α-hetero) is 1. The highest BCUT2D eigenvalue weighted by atomic mass is 32.1. The van der Waals surface area contributed by atoms with Crippen LogP contribution in [0.5, 0.6) is 5.88 Å². The molecule has 2 aromatic heterocycles. The van der Waals surface area contributed by atoms with Crippen LogP contribution in [0.3, 0.4) is 0 Å². The summed E-state index contributed by atoms with van der Waals surface area (Å²) in [7, 11) is 0. The van der Waals surface area contributed by atoms with Gasteiger partial charge in [0.2, 0.25) is 5.88 Å². The van der Waals surface area contributed by atoms with Gasteiger partial charge in [-0.3, -0.25) is 4.79 Å². The molecule has 0 bridgehead atoms. The third-order valence-corrected chi connectivity index (χ3v) is 5.29. The van der Waals surface area contributed by atoms with Gasteiger partial charge in [0, 0.05) is 34.7 Å². The van der Waals surface area contributed by atoms with E-state index in [1.54, 1.807) is 23.6 Å². The first-order chi connectivity index (χ1) is 13.2. The lowest BCUT2D eigenvalue weighted by atomic mass is 10.0. The number of hydrogen-bond acceptors (Lipinski definition) is 6. The smallest absolute Gasteiger partial charge is 0.214 e. The number of ketones is 1. The van der Waals surface area contributed by atoms with Crippen molar-refractivity contribution in [2.24, 2.45) is 5.92 Å². The van der Waals surface area contributed by atoms with Crippen molar-refractivity contribution in [1.29, 1.82) is 5.26 Å². The molecule has 1 aliphatic rings. The largest absolute Gasteiger partial charge is 0.462 e. The number of thiazole rings is 1. The zero-order valence-electron chi connectivity index (χ0n) is 14.6. The van der Waals surface area contributed by atoms with E-state index in [0.29, 0.717) is 18.1 Å².